The molecule has 3 rings (SSSR count). The molecular weight excluding hydrogens is 232 g/mol. The Morgan fingerprint density at radius 2 is 2.39 bits per heavy atom. The average Bonchev–Trinajstić information content (AvgIpc) is 2.99. The minimum Gasteiger partial charge on any atom is -0.457 e. The normalized spacial score (nSPS) is 10.7. The maximum absolute atomic E-state index is 11.9. The second-order valence-corrected chi connectivity index (χ2v) is 3.75. The number of pyridine rings is 1. The minimum atomic E-state index is -0.406. The van der Waals surface area contributed by atoms with Gasteiger partial charge in [-0.2, -0.15) is 0 Å². The molecule has 90 valence electrons. The summed E-state index contributed by atoms with van der Waals surface area (Å²) >= 11 is 0. The van der Waals surface area contributed by atoms with Crippen molar-refractivity contribution < 1.29 is 9.53 Å². The summed E-state index contributed by atoms with van der Waals surface area (Å²) in [5.41, 5.74) is 1.83. The number of nitrogens with one attached hydrogen (secondary N) is 1. The quantitative estimate of drug-likeness (QED) is 0.705. The summed E-state index contributed by atoms with van der Waals surface area (Å²) in [4.78, 5) is 19.9. The number of aromatic amines is 1. The molecule has 0 aliphatic heterocycles. The second kappa shape index (κ2) is 4.33. The maximum Gasteiger partial charge on any atom is 0.343 e. The number of H-pyrrole nitrogens is 1. The Kier molecular flexibility index (Phi) is 2.53. The highest BCUT2D eigenvalue weighted by atomic mass is 16.5. The van der Waals surface area contributed by atoms with E-state index < -0.39 is 5.97 Å². The standard InChI is InChI=1S/C12H10N4O2/c17-12(18-8-9-2-1-3-13-6-9)10-7-15-16-5-4-14-11(10)16/h1-7,15H,8H2. The molecule has 18 heavy (non-hydrogen) atoms. The van der Waals surface area contributed by atoms with Crippen molar-refractivity contribution in [3.8, 4) is 0 Å². The first kappa shape index (κ1) is 10.5. The summed E-state index contributed by atoms with van der Waals surface area (Å²) in [6, 6.07) is 3.65. The van der Waals surface area contributed by atoms with E-state index in [0.29, 0.717) is 11.2 Å². The third kappa shape index (κ3) is 1.84. The molecule has 0 radical (unpaired) electrons. The van der Waals surface area contributed by atoms with Crippen molar-refractivity contribution in [2.24, 2.45) is 0 Å². The molecule has 0 fully saturated rings. The number of nitrogens with zero attached hydrogens (tertiary/aromatic N) is 3. The van der Waals surface area contributed by atoms with E-state index >= 15 is 0 Å². The number of hydrogen-bond acceptors (Lipinski definition) is 4. The first-order chi connectivity index (χ1) is 8.84. The largest absolute Gasteiger partial charge is 0.457 e. The highest BCUT2D eigenvalue weighted by Crippen LogP contribution is 2.10. The van der Waals surface area contributed by atoms with Crippen molar-refractivity contribution in [2.75, 3.05) is 0 Å². The van der Waals surface area contributed by atoms with Crippen molar-refractivity contribution in [1.82, 2.24) is 19.6 Å². The van der Waals surface area contributed by atoms with E-state index in [2.05, 4.69) is 15.1 Å². The van der Waals surface area contributed by atoms with Crippen molar-refractivity contribution in [3.63, 3.8) is 0 Å². The lowest BCUT2D eigenvalue weighted by molar-refractivity contribution is 0.0474. The van der Waals surface area contributed by atoms with Gasteiger partial charge in [0.25, 0.3) is 0 Å². The topological polar surface area (TPSA) is 72.3 Å². The van der Waals surface area contributed by atoms with Crippen LogP contribution in [0.15, 0.2) is 43.1 Å². The molecule has 1 N–H and O–H groups in total. The molecule has 0 saturated heterocycles. The summed E-state index contributed by atoms with van der Waals surface area (Å²) in [7, 11) is 0. The Balaban J connectivity index is 1.74. The lowest BCUT2D eigenvalue weighted by Gasteiger charge is -2.02. The van der Waals surface area contributed by atoms with Gasteiger partial charge in [0.1, 0.15) is 12.2 Å². The molecule has 3 aromatic rings. The number of carbonyl (C=O) groups excluding carboxylic acids is 1. The number of hydrogen-bond donors (Lipinski definition) is 1. The number of carbonyl (C=O) groups is 1. The molecule has 3 heterocycles. The molecule has 0 aliphatic carbocycles. The maximum atomic E-state index is 11.9. The van der Waals surface area contributed by atoms with E-state index in [4.69, 9.17) is 4.74 Å². The molecule has 6 nitrogen and oxygen atoms in total. The molecule has 0 spiro atoms. The molecule has 0 aromatic carbocycles. The van der Waals surface area contributed by atoms with Crippen LogP contribution in [0.5, 0.6) is 0 Å². The van der Waals surface area contributed by atoms with Gasteiger partial charge in [-0.05, 0) is 6.07 Å². The first-order valence-corrected chi connectivity index (χ1v) is 5.41. The van der Waals surface area contributed by atoms with Crippen molar-refractivity contribution in [1.29, 1.82) is 0 Å². The van der Waals surface area contributed by atoms with Gasteiger partial charge in [-0.1, -0.05) is 6.07 Å². The number of esters is 1. The van der Waals surface area contributed by atoms with Crippen LogP contribution in [0, 0.1) is 0 Å². The number of rotatable bonds is 3. The van der Waals surface area contributed by atoms with Crippen molar-refractivity contribution in [2.45, 2.75) is 6.61 Å². The van der Waals surface area contributed by atoms with Gasteiger partial charge in [0.2, 0.25) is 0 Å². The van der Waals surface area contributed by atoms with Crippen LogP contribution in [0.1, 0.15) is 15.9 Å². The molecule has 0 bridgehead atoms. The Bertz CT molecular complexity index is 672. The summed E-state index contributed by atoms with van der Waals surface area (Å²) in [6.07, 6.45) is 8.26. The van der Waals surface area contributed by atoms with Crippen LogP contribution in [0.3, 0.4) is 0 Å². The predicted octanol–water partition coefficient (Wildman–Crippen LogP) is 1.41. The molecule has 0 amide bonds. The Labute approximate surface area is 102 Å². The summed E-state index contributed by atoms with van der Waals surface area (Å²) < 4.78 is 6.85. The van der Waals surface area contributed by atoms with Crippen molar-refractivity contribution >= 4 is 11.6 Å². The highest BCUT2D eigenvalue weighted by molar-refractivity contribution is 5.95. The highest BCUT2D eigenvalue weighted by Gasteiger charge is 2.14. The van der Waals surface area contributed by atoms with Crippen LogP contribution >= 0.6 is 0 Å². The zero-order valence-electron chi connectivity index (χ0n) is 9.41. The Hall–Kier alpha value is -2.63. The third-order valence-corrected chi connectivity index (χ3v) is 2.54. The van der Waals surface area contributed by atoms with Gasteiger partial charge in [-0.15, -0.1) is 0 Å². The molecule has 6 heteroatoms. The van der Waals surface area contributed by atoms with Gasteiger partial charge < -0.3 is 4.74 Å². The fourth-order valence-corrected chi connectivity index (χ4v) is 1.67. The van der Waals surface area contributed by atoms with E-state index in [1.165, 1.54) is 0 Å². The second-order valence-electron chi connectivity index (χ2n) is 3.75. The van der Waals surface area contributed by atoms with Crippen LogP contribution in [0.4, 0.5) is 0 Å². The summed E-state index contributed by atoms with van der Waals surface area (Å²) in [5.74, 6) is -0.406. The predicted molar refractivity (Wildman–Crippen MR) is 62.9 cm³/mol. The van der Waals surface area contributed by atoms with Crippen LogP contribution in [-0.4, -0.2) is 25.6 Å². The molecule has 0 unspecified atom stereocenters. The van der Waals surface area contributed by atoms with E-state index in [9.17, 15) is 4.79 Å². The molecule has 0 saturated carbocycles. The van der Waals surface area contributed by atoms with E-state index in [-0.39, 0.29) is 6.61 Å². The average molecular weight is 242 g/mol. The number of aromatic nitrogens is 4. The zero-order valence-corrected chi connectivity index (χ0v) is 9.41. The smallest absolute Gasteiger partial charge is 0.343 e. The molecule has 0 aliphatic rings. The third-order valence-electron chi connectivity index (χ3n) is 2.54. The first-order valence-electron chi connectivity index (χ1n) is 5.41. The van der Waals surface area contributed by atoms with Gasteiger partial charge in [-0.3, -0.25) is 10.1 Å². The Morgan fingerprint density at radius 1 is 1.44 bits per heavy atom. The van der Waals surface area contributed by atoms with Crippen LogP contribution in [0.2, 0.25) is 0 Å². The number of fused-ring (bicyclic) bond motifs is 1. The van der Waals surface area contributed by atoms with Gasteiger partial charge in [0, 0.05) is 36.5 Å². The Morgan fingerprint density at radius 3 is 3.22 bits per heavy atom. The van der Waals surface area contributed by atoms with E-state index in [0.717, 1.165) is 5.56 Å². The van der Waals surface area contributed by atoms with Crippen molar-refractivity contribution in [3.05, 3.63) is 54.2 Å². The molecule has 0 atom stereocenters. The number of ether oxygens (including phenoxy) is 1. The summed E-state index contributed by atoms with van der Waals surface area (Å²) in [6.45, 7) is 0.199. The molecular formula is C12H10N4O2. The monoisotopic (exact) mass is 242 g/mol. The van der Waals surface area contributed by atoms with Gasteiger partial charge in [-0.25, -0.2) is 14.3 Å². The summed E-state index contributed by atoms with van der Waals surface area (Å²) in [5, 5.41) is 2.89. The van der Waals surface area contributed by atoms with Gasteiger partial charge in [0.15, 0.2) is 5.65 Å². The van der Waals surface area contributed by atoms with Crippen LogP contribution in [-0.2, 0) is 11.3 Å². The fraction of sp³-hybridized carbons (Fsp3) is 0.0833. The number of imidazole rings is 1. The van der Waals surface area contributed by atoms with Gasteiger partial charge in [0.05, 0.1) is 0 Å². The zero-order chi connectivity index (χ0) is 12.4. The molecule has 3 aromatic heterocycles. The van der Waals surface area contributed by atoms with E-state index in [1.54, 1.807) is 41.6 Å². The van der Waals surface area contributed by atoms with Crippen LogP contribution < -0.4 is 0 Å². The minimum absolute atomic E-state index is 0.199. The van der Waals surface area contributed by atoms with Crippen LogP contribution in [0.25, 0.3) is 5.65 Å². The SMILES string of the molecule is O=C(OCc1cccnc1)c1c[nH]n2ccnc12. The lowest BCUT2D eigenvalue weighted by Crippen LogP contribution is -2.05. The van der Waals surface area contributed by atoms with Gasteiger partial charge >= 0.3 is 5.97 Å². The lowest BCUT2D eigenvalue weighted by atomic mass is 10.3. The fourth-order valence-electron chi connectivity index (χ4n) is 1.67. The van der Waals surface area contributed by atoms with E-state index in [1.807, 2.05) is 6.07 Å².